The molecule has 0 aromatic heterocycles. The maximum absolute atomic E-state index is 11.4. The molecule has 2 rings (SSSR count). The van der Waals surface area contributed by atoms with Gasteiger partial charge in [0.05, 0.1) is 26.3 Å². The summed E-state index contributed by atoms with van der Waals surface area (Å²) in [4.78, 5) is 22.7. The van der Waals surface area contributed by atoms with Crippen LogP contribution in [0.3, 0.4) is 0 Å². The lowest BCUT2D eigenvalue weighted by atomic mass is 10.0. The highest BCUT2D eigenvalue weighted by Gasteiger charge is 2.28. The van der Waals surface area contributed by atoms with Gasteiger partial charge in [-0.05, 0) is 17.7 Å². The van der Waals surface area contributed by atoms with Gasteiger partial charge in [0.1, 0.15) is 5.75 Å². The molecule has 2 N–H and O–H groups in total. The number of carbonyl (C=O) groups is 2. The largest absolute Gasteiger partial charge is 0.497 e. The lowest BCUT2D eigenvalue weighted by Gasteiger charge is -2.14. The Morgan fingerprint density at radius 3 is 2.78 bits per heavy atom. The van der Waals surface area contributed by atoms with Gasteiger partial charge in [0.25, 0.3) is 0 Å². The molecule has 1 atom stereocenters. The second kappa shape index (κ2) is 4.66. The maximum atomic E-state index is 11.4. The third kappa shape index (κ3) is 2.02. The summed E-state index contributed by atoms with van der Waals surface area (Å²) >= 11 is 0. The summed E-state index contributed by atoms with van der Waals surface area (Å²) in [5.41, 5.74) is 1.43. The minimum atomic E-state index is -1.45. The number of fused-ring (bicyclic) bond motifs is 1. The number of amides is 1. The van der Waals surface area contributed by atoms with Crippen LogP contribution < -0.4 is 10.1 Å². The zero-order valence-electron chi connectivity index (χ0n) is 10.0. The van der Waals surface area contributed by atoms with Crippen molar-refractivity contribution in [2.45, 2.75) is 12.5 Å². The summed E-state index contributed by atoms with van der Waals surface area (Å²) in [6, 6.07) is 3.20. The van der Waals surface area contributed by atoms with Crippen LogP contribution in [0.1, 0.15) is 17.2 Å². The van der Waals surface area contributed by atoms with E-state index in [1.807, 2.05) is 0 Å². The lowest BCUT2D eigenvalue weighted by molar-refractivity contribution is -0.150. The second-order valence-electron chi connectivity index (χ2n) is 3.90. The number of nitrogens with one attached hydrogen (secondary N) is 1. The Balaban J connectivity index is 2.49. The minimum absolute atomic E-state index is 0.184. The van der Waals surface area contributed by atoms with Crippen molar-refractivity contribution >= 4 is 17.6 Å². The smallest absolute Gasteiger partial charge is 0.339 e. The van der Waals surface area contributed by atoms with Gasteiger partial charge < -0.3 is 19.9 Å². The van der Waals surface area contributed by atoms with Crippen LogP contribution in [0.15, 0.2) is 12.1 Å². The molecule has 96 valence electrons. The van der Waals surface area contributed by atoms with Crippen molar-refractivity contribution in [1.29, 1.82) is 0 Å². The van der Waals surface area contributed by atoms with Crippen molar-refractivity contribution in [3.8, 4) is 5.75 Å². The average molecular weight is 251 g/mol. The van der Waals surface area contributed by atoms with Crippen molar-refractivity contribution in [2.24, 2.45) is 0 Å². The van der Waals surface area contributed by atoms with Gasteiger partial charge >= 0.3 is 5.97 Å². The highest BCUT2D eigenvalue weighted by Crippen LogP contribution is 2.35. The minimum Gasteiger partial charge on any atom is -0.497 e. The van der Waals surface area contributed by atoms with E-state index in [2.05, 4.69) is 10.1 Å². The highest BCUT2D eigenvalue weighted by molar-refractivity contribution is 6.01. The topological polar surface area (TPSA) is 84.9 Å². The molecule has 1 heterocycles. The van der Waals surface area contributed by atoms with Crippen LogP contribution in [0.5, 0.6) is 5.75 Å². The molecule has 1 unspecified atom stereocenters. The van der Waals surface area contributed by atoms with Crippen molar-refractivity contribution in [3.05, 3.63) is 23.3 Å². The van der Waals surface area contributed by atoms with Crippen LogP contribution in [-0.4, -0.2) is 31.2 Å². The molecule has 0 saturated carbocycles. The van der Waals surface area contributed by atoms with Crippen molar-refractivity contribution in [3.63, 3.8) is 0 Å². The normalized spacial score (nSPS) is 14.7. The second-order valence-corrected chi connectivity index (χ2v) is 3.90. The zero-order valence-corrected chi connectivity index (χ0v) is 10.0. The lowest BCUT2D eigenvalue weighted by Crippen LogP contribution is -2.15. The van der Waals surface area contributed by atoms with Gasteiger partial charge in [0, 0.05) is 5.56 Å². The molecule has 0 fully saturated rings. The Kier molecular flexibility index (Phi) is 3.20. The van der Waals surface area contributed by atoms with Gasteiger partial charge in [-0.1, -0.05) is 0 Å². The van der Waals surface area contributed by atoms with Gasteiger partial charge in [0.15, 0.2) is 6.10 Å². The molecule has 1 aliphatic rings. The number of hydrogen-bond donors (Lipinski definition) is 2. The zero-order chi connectivity index (χ0) is 13.3. The number of rotatable bonds is 3. The van der Waals surface area contributed by atoms with E-state index in [0.29, 0.717) is 17.0 Å². The summed E-state index contributed by atoms with van der Waals surface area (Å²) in [5.74, 6) is -0.494. The number of anilines is 1. The van der Waals surface area contributed by atoms with Crippen LogP contribution in [0.2, 0.25) is 0 Å². The first-order valence-electron chi connectivity index (χ1n) is 5.33. The van der Waals surface area contributed by atoms with Gasteiger partial charge in [-0.2, -0.15) is 0 Å². The monoisotopic (exact) mass is 251 g/mol. The van der Waals surface area contributed by atoms with E-state index in [1.54, 1.807) is 6.07 Å². The number of methoxy groups -OCH3 is 2. The number of benzene rings is 1. The maximum Gasteiger partial charge on any atom is 0.339 e. The summed E-state index contributed by atoms with van der Waals surface area (Å²) < 4.78 is 9.56. The van der Waals surface area contributed by atoms with Crippen LogP contribution in [0, 0.1) is 0 Å². The molecule has 0 saturated heterocycles. The summed E-state index contributed by atoms with van der Waals surface area (Å²) in [6.07, 6.45) is -1.25. The molecule has 1 amide bonds. The van der Waals surface area contributed by atoms with Crippen molar-refractivity contribution < 1.29 is 24.2 Å². The van der Waals surface area contributed by atoms with E-state index in [0.717, 1.165) is 0 Å². The number of hydrogen-bond acceptors (Lipinski definition) is 5. The number of esters is 1. The Labute approximate surface area is 104 Å². The third-order valence-electron chi connectivity index (χ3n) is 2.79. The molecule has 18 heavy (non-hydrogen) atoms. The average Bonchev–Trinajstić information content (AvgIpc) is 2.75. The van der Waals surface area contributed by atoms with Crippen LogP contribution in [0.4, 0.5) is 5.69 Å². The molecule has 1 aromatic rings. The first-order chi connectivity index (χ1) is 8.56. The third-order valence-corrected chi connectivity index (χ3v) is 2.79. The predicted molar refractivity (Wildman–Crippen MR) is 62.3 cm³/mol. The van der Waals surface area contributed by atoms with E-state index < -0.39 is 12.1 Å². The Bertz CT molecular complexity index is 511. The highest BCUT2D eigenvalue weighted by atomic mass is 16.5. The number of carbonyl (C=O) groups excluding carboxylic acids is 2. The van der Waals surface area contributed by atoms with Crippen LogP contribution in [-0.2, 0) is 20.7 Å². The van der Waals surface area contributed by atoms with Gasteiger partial charge in [-0.25, -0.2) is 4.79 Å². The number of aliphatic hydroxyl groups excluding tert-OH is 1. The van der Waals surface area contributed by atoms with Gasteiger partial charge in [0.2, 0.25) is 5.91 Å². The summed E-state index contributed by atoms with van der Waals surface area (Å²) in [5, 5.41) is 12.5. The van der Waals surface area contributed by atoms with E-state index in [9.17, 15) is 14.7 Å². The number of aliphatic hydroxyl groups is 1. The first kappa shape index (κ1) is 12.4. The SMILES string of the molecule is COC(=O)C(O)c1cc(OC)cc2c1NC(=O)C2. The molecule has 0 bridgehead atoms. The number of ether oxygens (including phenoxy) is 2. The molecule has 0 radical (unpaired) electrons. The summed E-state index contributed by atoms with van der Waals surface area (Å²) in [7, 11) is 2.66. The van der Waals surface area contributed by atoms with E-state index >= 15 is 0 Å². The molecule has 0 spiro atoms. The molecule has 1 aromatic carbocycles. The van der Waals surface area contributed by atoms with Gasteiger partial charge in [-0.3, -0.25) is 4.79 Å². The van der Waals surface area contributed by atoms with E-state index in [4.69, 9.17) is 4.74 Å². The molecular formula is C12H13NO5. The van der Waals surface area contributed by atoms with Crippen LogP contribution >= 0.6 is 0 Å². The predicted octanol–water partition coefficient (Wildman–Crippen LogP) is 0.396. The molecule has 1 aliphatic heterocycles. The fourth-order valence-electron chi connectivity index (χ4n) is 1.92. The van der Waals surface area contributed by atoms with Crippen molar-refractivity contribution in [1.82, 2.24) is 0 Å². The van der Waals surface area contributed by atoms with Gasteiger partial charge in [-0.15, -0.1) is 0 Å². The van der Waals surface area contributed by atoms with E-state index in [-0.39, 0.29) is 17.9 Å². The fraction of sp³-hybridized carbons (Fsp3) is 0.333. The fourth-order valence-corrected chi connectivity index (χ4v) is 1.92. The Morgan fingerprint density at radius 2 is 2.17 bits per heavy atom. The van der Waals surface area contributed by atoms with Crippen LogP contribution in [0.25, 0.3) is 0 Å². The molecule has 6 nitrogen and oxygen atoms in total. The molecule has 6 heteroatoms. The molecular weight excluding hydrogens is 238 g/mol. The standard InChI is InChI=1S/C12H13NO5/c1-17-7-3-6-4-9(14)13-10(6)8(5-7)11(15)12(16)18-2/h3,5,11,15H,4H2,1-2H3,(H,13,14). The quantitative estimate of drug-likeness (QED) is 0.759. The molecule has 0 aliphatic carbocycles. The Morgan fingerprint density at radius 1 is 1.44 bits per heavy atom. The first-order valence-corrected chi connectivity index (χ1v) is 5.33. The Hall–Kier alpha value is -2.08. The van der Waals surface area contributed by atoms with Crippen molar-refractivity contribution in [2.75, 3.05) is 19.5 Å². The van der Waals surface area contributed by atoms with E-state index in [1.165, 1.54) is 20.3 Å². The summed E-state index contributed by atoms with van der Waals surface area (Å²) in [6.45, 7) is 0.